The highest BCUT2D eigenvalue weighted by molar-refractivity contribution is 9.10. The van der Waals surface area contributed by atoms with Crippen LogP contribution < -0.4 is 11.4 Å². The number of fused-ring (bicyclic) bond motifs is 1. The third-order valence-corrected chi connectivity index (χ3v) is 4.07. The van der Waals surface area contributed by atoms with E-state index in [4.69, 9.17) is 5.84 Å². The van der Waals surface area contributed by atoms with Crippen LogP contribution in [0.1, 0.15) is 38.1 Å². The summed E-state index contributed by atoms with van der Waals surface area (Å²) < 4.78 is 3.39. The van der Waals surface area contributed by atoms with E-state index in [2.05, 4.69) is 26.0 Å². The Morgan fingerprint density at radius 1 is 1.33 bits per heavy atom. The SMILES string of the molecule is Nn1cnc2c(c(Br)nn2C2CCCCC2)c1=O. The van der Waals surface area contributed by atoms with Crippen molar-refractivity contribution < 1.29 is 0 Å². The molecule has 0 amide bonds. The number of hydrogen-bond donors (Lipinski definition) is 1. The molecule has 7 heteroatoms. The van der Waals surface area contributed by atoms with Crippen LogP contribution >= 0.6 is 15.9 Å². The Morgan fingerprint density at radius 2 is 2.06 bits per heavy atom. The second-order valence-electron chi connectivity index (χ2n) is 4.68. The van der Waals surface area contributed by atoms with Crippen molar-refractivity contribution in [1.82, 2.24) is 19.4 Å². The first-order valence-electron chi connectivity index (χ1n) is 6.09. The summed E-state index contributed by atoms with van der Waals surface area (Å²) in [4.78, 5) is 16.2. The maximum atomic E-state index is 12.0. The fourth-order valence-electron chi connectivity index (χ4n) is 2.58. The Bertz CT molecular complexity index is 641. The zero-order chi connectivity index (χ0) is 12.7. The molecule has 0 spiro atoms. The molecule has 0 saturated heterocycles. The van der Waals surface area contributed by atoms with Crippen molar-refractivity contribution in [2.45, 2.75) is 38.1 Å². The molecule has 0 unspecified atom stereocenters. The number of hydrogen-bond acceptors (Lipinski definition) is 4. The van der Waals surface area contributed by atoms with Crippen LogP contribution in [0.25, 0.3) is 11.0 Å². The minimum Gasteiger partial charge on any atom is -0.335 e. The van der Waals surface area contributed by atoms with Gasteiger partial charge in [-0.2, -0.15) is 5.10 Å². The average Bonchev–Trinajstić information content (AvgIpc) is 2.73. The van der Waals surface area contributed by atoms with Crippen molar-refractivity contribution in [3.05, 3.63) is 21.3 Å². The largest absolute Gasteiger partial charge is 0.335 e. The maximum Gasteiger partial charge on any atom is 0.283 e. The van der Waals surface area contributed by atoms with Gasteiger partial charge in [0.1, 0.15) is 16.3 Å². The second kappa shape index (κ2) is 4.38. The summed E-state index contributed by atoms with van der Waals surface area (Å²) in [6, 6.07) is 0.341. The van der Waals surface area contributed by atoms with Gasteiger partial charge in [0, 0.05) is 0 Å². The quantitative estimate of drug-likeness (QED) is 0.811. The van der Waals surface area contributed by atoms with E-state index in [0.29, 0.717) is 21.7 Å². The smallest absolute Gasteiger partial charge is 0.283 e. The molecule has 2 aromatic rings. The van der Waals surface area contributed by atoms with Gasteiger partial charge in [0.05, 0.1) is 6.04 Å². The van der Waals surface area contributed by atoms with Crippen molar-refractivity contribution in [1.29, 1.82) is 0 Å². The second-order valence-corrected chi connectivity index (χ2v) is 5.43. The van der Waals surface area contributed by atoms with E-state index in [1.165, 1.54) is 25.6 Å². The molecule has 0 aliphatic heterocycles. The van der Waals surface area contributed by atoms with Gasteiger partial charge >= 0.3 is 0 Å². The molecule has 1 aliphatic carbocycles. The Morgan fingerprint density at radius 3 is 2.78 bits per heavy atom. The molecular weight excluding hydrogens is 298 g/mol. The van der Waals surface area contributed by atoms with E-state index in [9.17, 15) is 4.79 Å². The summed E-state index contributed by atoms with van der Waals surface area (Å²) >= 11 is 3.33. The van der Waals surface area contributed by atoms with Gasteiger partial charge in [-0.05, 0) is 28.8 Å². The van der Waals surface area contributed by atoms with Gasteiger partial charge in [-0.15, -0.1) is 0 Å². The van der Waals surface area contributed by atoms with Crippen LogP contribution in [0.5, 0.6) is 0 Å². The maximum absolute atomic E-state index is 12.0. The van der Waals surface area contributed by atoms with Gasteiger partial charge in [-0.25, -0.2) is 14.3 Å². The molecule has 0 aromatic carbocycles. The van der Waals surface area contributed by atoms with Crippen molar-refractivity contribution in [3.63, 3.8) is 0 Å². The van der Waals surface area contributed by atoms with Crippen molar-refractivity contribution in [2.75, 3.05) is 5.84 Å². The number of nitrogen functional groups attached to an aromatic ring is 1. The zero-order valence-corrected chi connectivity index (χ0v) is 11.4. The summed E-state index contributed by atoms with van der Waals surface area (Å²) in [7, 11) is 0. The highest BCUT2D eigenvalue weighted by atomic mass is 79.9. The zero-order valence-electron chi connectivity index (χ0n) is 9.84. The van der Waals surface area contributed by atoms with Crippen LogP contribution in [0, 0.1) is 0 Å². The summed E-state index contributed by atoms with van der Waals surface area (Å²) in [5.74, 6) is 5.53. The lowest BCUT2D eigenvalue weighted by molar-refractivity contribution is 0.335. The number of nitrogens with two attached hydrogens (primary N) is 1. The van der Waals surface area contributed by atoms with Crippen molar-refractivity contribution in [3.8, 4) is 0 Å². The van der Waals surface area contributed by atoms with Crippen LogP contribution in [-0.2, 0) is 0 Å². The molecule has 0 bridgehead atoms. The summed E-state index contributed by atoms with van der Waals surface area (Å²) in [6.45, 7) is 0. The molecule has 1 aliphatic rings. The molecule has 18 heavy (non-hydrogen) atoms. The lowest BCUT2D eigenvalue weighted by atomic mass is 9.96. The van der Waals surface area contributed by atoms with Gasteiger partial charge < -0.3 is 5.84 Å². The van der Waals surface area contributed by atoms with Gasteiger partial charge in [0.15, 0.2) is 5.65 Å². The number of nitrogens with zero attached hydrogens (tertiary/aromatic N) is 4. The fourth-order valence-corrected chi connectivity index (χ4v) is 3.10. The predicted molar refractivity (Wildman–Crippen MR) is 71.8 cm³/mol. The molecule has 3 rings (SSSR count). The summed E-state index contributed by atoms with van der Waals surface area (Å²) in [5, 5.41) is 4.88. The first kappa shape index (κ1) is 11.7. The van der Waals surface area contributed by atoms with E-state index in [1.807, 2.05) is 4.68 Å². The third kappa shape index (κ3) is 1.73. The Hall–Kier alpha value is -1.37. The topological polar surface area (TPSA) is 78.7 Å². The lowest BCUT2D eigenvalue weighted by Gasteiger charge is -2.22. The first-order valence-corrected chi connectivity index (χ1v) is 6.88. The molecule has 2 aromatic heterocycles. The minimum atomic E-state index is -0.270. The first-order chi connectivity index (χ1) is 8.68. The number of aromatic nitrogens is 4. The van der Waals surface area contributed by atoms with Crippen LogP contribution in [0.15, 0.2) is 15.7 Å². The highest BCUT2D eigenvalue weighted by Crippen LogP contribution is 2.31. The van der Waals surface area contributed by atoms with Crippen molar-refractivity contribution in [2.24, 2.45) is 0 Å². The van der Waals surface area contributed by atoms with E-state index in [-0.39, 0.29) is 5.56 Å². The Balaban J connectivity index is 2.19. The monoisotopic (exact) mass is 311 g/mol. The molecule has 96 valence electrons. The fraction of sp³-hybridized carbons (Fsp3) is 0.545. The van der Waals surface area contributed by atoms with Crippen LogP contribution in [0.3, 0.4) is 0 Å². The van der Waals surface area contributed by atoms with E-state index < -0.39 is 0 Å². The molecule has 1 fully saturated rings. The van der Waals surface area contributed by atoms with E-state index in [0.717, 1.165) is 17.5 Å². The molecule has 6 nitrogen and oxygen atoms in total. The normalized spacial score (nSPS) is 17.4. The lowest BCUT2D eigenvalue weighted by Crippen LogP contribution is -2.27. The number of rotatable bonds is 1. The summed E-state index contributed by atoms with van der Waals surface area (Å²) in [5.41, 5.74) is 0.356. The minimum absolute atomic E-state index is 0.270. The van der Waals surface area contributed by atoms with Crippen LogP contribution in [0.2, 0.25) is 0 Å². The van der Waals surface area contributed by atoms with Gasteiger partial charge in [0.2, 0.25) is 0 Å². The van der Waals surface area contributed by atoms with Crippen molar-refractivity contribution >= 4 is 27.0 Å². The average molecular weight is 312 g/mol. The standard InChI is InChI=1S/C11H14BrN5O/c12-9-8-10(14-6-16(13)11(8)18)17(15-9)7-4-2-1-3-5-7/h6-7H,1-5,13H2. The highest BCUT2D eigenvalue weighted by Gasteiger charge is 2.22. The van der Waals surface area contributed by atoms with Crippen LogP contribution in [0.4, 0.5) is 0 Å². The van der Waals surface area contributed by atoms with E-state index in [1.54, 1.807) is 0 Å². The molecule has 2 heterocycles. The molecule has 0 radical (unpaired) electrons. The third-order valence-electron chi connectivity index (χ3n) is 3.52. The van der Waals surface area contributed by atoms with Crippen LogP contribution in [-0.4, -0.2) is 19.4 Å². The van der Waals surface area contributed by atoms with Gasteiger partial charge in [0.25, 0.3) is 5.56 Å². The number of halogens is 1. The molecular formula is C11H14BrN5O. The Labute approximate surface area is 112 Å². The van der Waals surface area contributed by atoms with Gasteiger partial charge in [-0.1, -0.05) is 19.3 Å². The van der Waals surface area contributed by atoms with E-state index >= 15 is 0 Å². The summed E-state index contributed by atoms with van der Waals surface area (Å²) in [6.07, 6.45) is 7.22. The predicted octanol–water partition coefficient (Wildman–Crippen LogP) is 1.57. The van der Waals surface area contributed by atoms with Gasteiger partial charge in [-0.3, -0.25) is 4.79 Å². The molecule has 2 N–H and O–H groups in total. The molecule has 1 saturated carbocycles. The molecule has 0 atom stereocenters. The Kier molecular flexibility index (Phi) is 2.85.